The zero-order chi connectivity index (χ0) is 22.7. The number of esters is 1. The van der Waals surface area contributed by atoms with Gasteiger partial charge in [0.05, 0.1) is 5.71 Å². The van der Waals surface area contributed by atoms with Crippen LogP contribution in [0.3, 0.4) is 0 Å². The van der Waals surface area contributed by atoms with Gasteiger partial charge in [-0.25, -0.2) is 14.6 Å². The fourth-order valence-corrected chi connectivity index (χ4v) is 3.71. The minimum absolute atomic E-state index is 0.133. The van der Waals surface area contributed by atoms with E-state index in [1.165, 1.54) is 24.3 Å². The van der Waals surface area contributed by atoms with Crippen molar-refractivity contribution >= 4 is 17.6 Å². The van der Waals surface area contributed by atoms with Crippen LogP contribution in [0.5, 0.6) is 5.75 Å². The van der Waals surface area contributed by atoms with Crippen molar-refractivity contribution in [1.29, 1.82) is 0 Å². The number of hydrogen-bond acceptors (Lipinski definition) is 5. The Kier molecular flexibility index (Phi) is 6.16. The Morgan fingerprint density at radius 2 is 1.81 bits per heavy atom. The van der Waals surface area contributed by atoms with Gasteiger partial charge in [0.2, 0.25) is 5.76 Å². The van der Waals surface area contributed by atoms with Crippen LogP contribution in [0.25, 0.3) is 0 Å². The molecular weight excluding hydrogens is 411 g/mol. The summed E-state index contributed by atoms with van der Waals surface area (Å²) in [4.78, 5) is 25.1. The largest absolute Gasteiger partial charge is 0.453 e. The van der Waals surface area contributed by atoms with Crippen LogP contribution in [0.2, 0.25) is 0 Å². The van der Waals surface area contributed by atoms with Gasteiger partial charge in [0, 0.05) is 23.1 Å². The average molecular weight is 434 g/mol. The van der Waals surface area contributed by atoms with E-state index in [9.17, 15) is 14.0 Å². The molecule has 7 heteroatoms. The molecule has 0 fully saturated rings. The number of nitrogens with zero attached hydrogens (tertiary/aromatic N) is 1. The lowest BCUT2D eigenvalue weighted by Crippen LogP contribution is -2.22. The summed E-state index contributed by atoms with van der Waals surface area (Å²) in [6, 6.07) is 12.6. The van der Waals surface area contributed by atoms with Crippen molar-refractivity contribution in [2.24, 2.45) is 5.10 Å². The Morgan fingerprint density at radius 1 is 1.09 bits per heavy atom. The zero-order valence-electron chi connectivity index (χ0n) is 17.9. The van der Waals surface area contributed by atoms with E-state index in [4.69, 9.17) is 9.15 Å². The summed E-state index contributed by atoms with van der Waals surface area (Å²) in [5.74, 6) is -0.205. The number of benzene rings is 2. The van der Waals surface area contributed by atoms with Crippen molar-refractivity contribution in [3.8, 4) is 5.75 Å². The number of rotatable bonds is 5. The van der Waals surface area contributed by atoms with Gasteiger partial charge in [-0.3, -0.25) is 4.79 Å². The van der Waals surface area contributed by atoms with Crippen LogP contribution in [0.1, 0.15) is 63.1 Å². The summed E-state index contributed by atoms with van der Waals surface area (Å²) in [6.45, 7) is 3.83. The standard InChI is InChI=1S/C25H23FN2O4/c1-3-16-7-13-19(14-8-16)31-25(30)23-15(2)22-20(5-4-6-21(22)32-23)27-28-24(29)17-9-11-18(26)12-10-17/h7-14H,3-6H2,1-2H3,(H,28,29)/b27-20+. The van der Waals surface area contributed by atoms with E-state index < -0.39 is 17.7 Å². The molecule has 1 amide bonds. The first-order valence-corrected chi connectivity index (χ1v) is 10.5. The number of ether oxygens (including phenoxy) is 1. The van der Waals surface area contributed by atoms with E-state index in [2.05, 4.69) is 17.5 Å². The number of aryl methyl sites for hydroxylation is 2. The molecular formula is C25H23FN2O4. The highest BCUT2D eigenvalue weighted by atomic mass is 19.1. The summed E-state index contributed by atoms with van der Waals surface area (Å²) < 4.78 is 24.4. The smallest absolute Gasteiger partial charge is 0.379 e. The highest BCUT2D eigenvalue weighted by molar-refractivity contribution is 6.06. The molecule has 1 N–H and O–H groups in total. The zero-order valence-corrected chi connectivity index (χ0v) is 17.9. The van der Waals surface area contributed by atoms with Crippen LogP contribution < -0.4 is 10.2 Å². The third-order valence-corrected chi connectivity index (χ3v) is 5.45. The van der Waals surface area contributed by atoms with Gasteiger partial charge in [0.15, 0.2) is 0 Å². The van der Waals surface area contributed by atoms with Crippen LogP contribution in [0.4, 0.5) is 4.39 Å². The van der Waals surface area contributed by atoms with E-state index in [1.807, 2.05) is 12.1 Å². The minimum Gasteiger partial charge on any atom is -0.453 e. The molecule has 1 aliphatic rings. The topological polar surface area (TPSA) is 80.9 Å². The summed E-state index contributed by atoms with van der Waals surface area (Å²) in [5, 5.41) is 4.27. The van der Waals surface area contributed by atoms with E-state index in [0.717, 1.165) is 24.0 Å². The van der Waals surface area contributed by atoms with Gasteiger partial charge in [-0.15, -0.1) is 0 Å². The fourth-order valence-electron chi connectivity index (χ4n) is 3.71. The summed E-state index contributed by atoms with van der Waals surface area (Å²) in [7, 11) is 0. The van der Waals surface area contributed by atoms with Crippen LogP contribution in [0, 0.1) is 12.7 Å². The molecule has 1 aromatic heterocycles. The second-order valence-electron chi connectivity index (χ2n) is 7.60. The number of fused-ring (bicyclic) bond motifs is 1. The molecule has 4 rings (SSSR count). The number of carbonyl (C=O) groups is 2. The molecule has 0 atom stereocenters. The maximum atomic E-state index is 13.1. The maximum Gasteiger partial charge on any atom is 0.379 e. The Morgan fingerprint density at radius 3 is 2.50 bits per heavy atom. The van der Waals surface area contributed by atoms with E-state index >= 15 is 0 Å². The van der Waals surface area contributed by atoms with Crippen molar-refractivity contribution in [1.82, 2.24) is 5.43 Å². The van der Waals surface area contributed by atoms with Crippen LogP contribution >= 0.6 is 0 Å². The molecule has 0 spiro atoms. The lowest BCUT2D eigenvalue weighted by molar-refractivity contribution is 0.0698. The van der Waals surface area contributed by atoms with Crippen molar-refractivity contribution in [2.45, 2.75) is 39.5 Å². The molecule has 1 heterocycles. The predicted molar refractivity (Wildman–Crippen MR) is 118 cm³/mol. The van der Waals surface area contributed by atoms with Gasteiger partial charge >= 0.3 is 5.97 Å². The van der Waals surface area contributed by atoms with Gasteiger partial charge in [-0.05, 0) is 68.1 Å². The maximum absolute atomic E-state index is 13.1. The molecule has 0 unspecified atom stereocenters. The van der Waals surface area contributed by atoms with Crippen LogP contribution in [-0.4, -0.2) is 17.6 Å². The van der Waals surface area contributed by atoms with E-state index in [1.54, 1.807) is 19.1 Å². The van der Waals surface area contributed by atoms with Gasteiger partial charge in [-0.2, -0.15) is 5.10 Å². The van der Waals surface area contributed by atoms with Gasteiger partial charge in [0.1, 0.15) is 17.3 Å². The average Bonchev–Trinajstić information content (AvgIpc) is 3.15. The number of furan rings is 1. The van der Waals surface area contributed by atoms with Crippen molar-refractivity contribution in [2.75, 3.05) is 0 Å². The molecule has 1 aliphatic carbocycles. The molecule has 0 saturated carbocycles. The number of hydrazone groups is 1. The third kappa shape index (κ3) is 4.46. The number of carbonyl (C=O) groups excluding carboxylic acids is 2. The second kappa shape index (κ2) is 9.18. The second-order valence-corrected chi connectivity index (χ2v) is 7.60. The van der Waals surface area contributed by atoms with Crippen molar-refractivity contribution < 1.29 is 23.1 Å². The summed E-state index contributed by atoms with van der Waals surface area (Å²) in [5.41, 5.74) is 5.95. The molecule has 164 valence electrons. The first-order valence-electron chi connectivity index (χ1n) is 10.5. The predicted octanol–water partition coefficient (Wildman–Crippen LogP) is 4.98. The molecule has 0 saturated heterocycles. The summed E-state index contributed by atoms with van der Waals surface area (Å²) in [6.07, 6.45) is 2.97. The summed E-state index contributed by atoms with van der Waals surface area (Å²) >= 11 is 0. The molecule has 6 nitrogen and oxygen atoms in total. The van der Waals surface area contributed by atoms with Crippen molar-refractivity contribution in [3.63, 3.8) is 0 Å². The third-order valence-electron chi connectivity index (χ3n) is 5.45. The SMILES string of the molecule is CCc1ccc(OC(=O)c2oc3c(c2C)/C(=N/NC(=O)c2ccc(F)cc2)CCC3)cc1. The number of nitrogens with one attached hydrogen (secondary N) is 1. The van der Waals surface area contributed by atoms with Gasteiger partial charge in [-0.1, -0.05) is 19.1 Å². The highest BCUT2D eigenvalue weighted by Gasteiger charge is 2.29. The van der Waals surface area contributed by atoms with E-state index in [0.29, 0.717) is 41.2 Å². The van der Waals surface area contributed by atoms with Gasteiger partial charge in [0.25, 0.3) is 5.91 Å². The van der Waals surface area contributed by atoms with E-state index in [-0.39, 0.29) is 5.76 Å². The van der Waals surface area contributed by atoms with Gasteiger partial charge < -0.3 is 9.15 Å². The quantitative estimate of drug-likeness (QED) is 0.349. The normalized spacial score (nSPS) is 14.2. The van der Waals surface area contributed by atoms with Crippen molar-refractivity contribution in [3.05, 3.63) is 88.1 Å². The molecule has 32 heavy (non-hydrogen) atoms. The first kappa shape index (κ1) is 21.5. The Bertz CT molecular complexity index is 1180. The highest BCUT2D eigenvalue weighted by Crippen LogP contribution is 2.30. The Labute approximate surface area is 185 Å². The molecule has 2 aromatic carbocycles. The molecule has 0 bridgehead atoms. The minimum atomic E-state index is -0.573. The molecule has 3 aromatic rings. The fraction of sp³-hybridized carbons (Fsp3) is 0.240. The molecule has 0 radical (unpaired) electrons. The van der Waals surface area contributed by atoms with Crippen LogP contribution in [-0.2, 0) is 12.8 Å². The van der Waals surface area contributed by atoms with Crippen LogP contribution in [0.15, 0.2) is 58.0 Å². The first-order chi connectivity index (χ1) is 15.5. The molecule has 0 aliphatic heterocycles. The number of hydrogen-bond donors (Lipinski definition) is 1. The Hall–Kier alpha value is -3.74. The Balaban J connectivity index is 1.54. The lowest BCUT2D eigenvalue weighted by atomic mass is 9.93. The monoisotopic (exact) mass is 434 g/mol. The number of amides is 1. The lowest BCUT2D eigenvalue weighted by Gasteiger charge is -2.13. The number of halogens is 1.